The first-order valence-electron chi connectivity index (χ1n) is 9.16. The van der Waals surface area contributed by atoms with E-state index in [9.17, 15) is 13.6 Å². The van der Waals surface area contributed by atoms with Gasteiger partial charge in [-0.3, -0.25) is 14.4 Å². The Morgan fingerprint density at radius 3 is 2.62 bits per heavy atom. The number of rotatable bonds is 3. The normalized spacial score (nSPS) is 12.5. The van der Waals surface area contributed by atoms with Gasteiger partial charge in [-0.1, -0.05) is 30.3 Å². The zero-order chi connectivity index (χ0) is 20.0. The van der Waals surface area contributed by atoms with Crippen LogP contribution in [0.2, 0.25) is 0 Å². The molecule has 0 bridgehead atoms. The summed E-state index contributed by atoms with van der Waals surface area (Å²) in [5.74, 6) is -1.40. The lowest BCUT2D eigenvalue weighted by Crippen LogP contribution is -2.22. The molecule has 142 valence electrons. The molecule has 3 aromatic carbocycles. The quantitative estimate of drug-likeness (QED) is 0.526. The predicted molar refractivity (Wildman–Crippen MR) is 108 cm³/mol. The minimum Gasteiger partial charge on any atom is -0.294 e. The molecule has 0 amide bonds. The lowest BCUT2D eigenvalue weighted by molar-refractivity contribution is 0.541. The summed E-state index contributed by atoms with van der Waals surface area (Å²) in [6, 6.07) is 15.1. The van der Waals surface area contributed by atoms with Crippen LogP contribution in [0.15, 0.2) is 70.7 Å². The van der Waals surface area contributed by atoms with E-state index in [1.165, 1.54) is 23.0 Å². The van der Waals surface area contributed by atoms with E-state index < -0.39 is 11.6 Å². The van der Waals surface area contributed by atoms with Gasteiger partial charge < -0.3 is 0 Å². The van der Waals surface area contributed by atoms with Gasteiger partial charge in [0.05, 0.1) is 30.3 Å². The van der Waals surface area contributed by atoms with Gasteiger partial charge in [-0.05, 0) is 41.0 Å². The maximum atomic E-state index is 14.9. The zero-order valence-electron chi connectivity index (χ0n) is 15.3. The Morgan fingerprint density at radius 2 is 1.79 bits per heavy atom. The number of aromatic nitrogens is 2. The van der Waals surface area contributed by atoms with Crippen molar-refractivity contribution in [1.29, 1.82) is 0 Å². The molecule has 0 N–H and O–H groups in total. The van der Waals surface area contributed by atoms with Crippen molar-refractivity contribution < 1.29 is 8.78 Å². The van der Waals surface area contributed by atoms with Crippen molar-refractivity contribution in [2.75, 3.05) is 0 Å². The van der Waals surface area contributed by atoms with Gasteiger partial charge in [0.2, 0.25) is 0 Å². The average Bonchev–Trinajstić information content (AvgIpc) is 3.21. The molecule has 0 unspecified atom stereocenters. The highest BCUT2D eigenvalue weighted by molar-refractivity contribution is 5.94. The number of para-hydroxylation sites is 1. The van der Waals surface area contributed by atoms with Crippen LogP contribution in [0.5, 0.6) is 0 Å². The van der Waals surface area contributed by atoms with Gasteiger partial charge in [0.1, 0.15) is 11.6 Å². The second-order valence-electron chi connectivity index (χ2n) is 6.96. The number of hydrogen-bond acceptors (Lipinski definition) is 3. The summed E-state index contributed by atoms with van der Waals surface area (Å²) in [6.07, 6.45) is 3.05. The maximum Gasteiger partial charge on any atom is 0.261 e. The molecule has 2 heterocycles. The van der Waals surface area contributed by atoms with Crippen molar-refractivity contribution in [2.45, 2.75) is 13.1 Å². The Labute approximate surface area is 164 Å². The highest BCUT2D eigenvalue weighted by Gasteiger charge is 2.17. The molecule has 1 aliphatic rings. The maximum absolute atomic E-state index is 14.9. The highest BCUT2D eigenvalue weighted by atomic mass is 19.1. The van der Waals surface area contributed by atoms with E-state index in [1.807, 2.05) is 18.2 Å². The monoisotopic (exact) mass is 387 g/mol. The Morgan fingerprint density at radius 1 is 1.00 bits per heavy atom. The second kappa shape index (κ2) is 6.74. The van der Waals surface area contributed by atoms with Crippen molar-refractivity contribution in [2.24, 2.45) is 4.99 Å². The van der Waals surface area contributed by atoms with Crippen molar-refractivity contribution in [3.05, 3.63) is 99.6 Å². The van der Waals surface area contributed by atoms with Crippen molar-refractivity contribution >= 4 is 17.1 Å². The highest BCUT2D eigenvalue weighted by Crippen LogP contribution is 2.30. The Hall–Kier alpha value is -3.67. The van der Waals surface area contributed by atoms with Gasteiger partial charge in [-0.2, -0.15) is 0 Å². The summed E-state index contributed by atoms with van der Waals surface area (Å²) in [6.45, 7) is 0.340. The van der Waals surface area contributed by atoms with Gasteiger partial charge in [0, 0.05) is 17.3 Å². The van der Waals surface area contributed by atoms with Crippen molar-refractivity contribution in [3.8, 4) is 11.1 Å². The lowest BCUT2D eigenvalue weighted by Gasteiger charge is -2.12. The molecule has 4 nitrogen and oxygen atoms in total. The summed E-state index contributed by atoms with van der Waals surface area (Å²) in [5, 5.41) is 0.409. The molecule has 0 saturated carbocycles. The summed E-state index contributed by atoms with van der Waals surface area (Å²) in [4.78, 5) is 21.1. The van der Waals surface area contributed by atoms with E-state index in [0.717, 1.165) is 16.7 Å². The van der Waals surface area contributed by atoms with E-state index >= 15 is 0 Å². The molecule has 6 heteroatoms. The third-order valence-corrected chi connectivity index (χ3v) is 5.19. The van der Waals surface area contributed by atoms with E-state index in [1.54, 1.807) is 30.5 Å². The Balaban J connectivity index is 1.57. The summed E-state index contributed by atoms with van der Waals surface area (Å²) in [5.41, 5.74) is 3.13. The van der Waals surface area contributed by atoms with Gasteiger partial charge in [0.15, 0.2) is 0 Å². The third-order valence-electron chi connectivity index (χ3n) is 5.19. The molecule has 0 saturated heterocycles. The molecule has 0 radical (unpaired) electrons. The standard InChI is InChI=1S/C23H15F2N3O/c24-20-8-15(16-6-3-4-14-10-26-11-18(14)16)9-21(25)19(20)12-28-13-27-22-7-2-1-5-17(22)23(28)29/h1-9,11,13H,10,12H2. The number of nitrogens with zero attached hydrogens (tertiary/aromatic N) is 3. The van der Waals surface area contributed by atoms with Crippen LogP contribution in [0.3, 0.4) is 0 Å². The zero-order valence-corrected chi connectivity index (χ0v) is 15.3. The summed E-state index contributed by atoms with van der Waals surface area (Å²) < 4.78 is 31.0. The van der Waals surface area contributed by atoms with Crippen LogP contribution in [0.25, 0.3) is 22.0 Å². The second-order valence-corrected chi connectivity index (χ2v) is 6.96. The fraction of sp³-hybridized carbons (Fsp3) is 0.0870. The number of halogens is 2. The number of aliphatic imine (C=N–C) groups is 1. The topological polar surface area (TPSA) is 47.2 Å². The van der Waals surface area contributed by atoms with Crippen molar-refractivity contribution in [3.63, 3.8) is 0 Å². The average molecular weight is 387 g/mol. The van der Waals surface area contributed by atoms with Crippen LogP contribution in [-0.4, -0.2) is 15.8 Å². The van der Waals surface area contributed by atoms with Gasteiger partial charge >= 0.3 is 0 Å². The van der Waals surface area contributed by atoms with E-state index in [-0.39, 0.29) is 17.7 Å². The minimum absolute atomic E-state index is 0.172. The fourth-order valence-electron chi connectivity index (χ4n) is 3.69. The molecule has 4 aromatic rings. The largest absolute Gasteiger partial charge is 0.294 e. The molecular formula is C23H15F2N3O. The molecule has 5 rings (SSSR count). The molecule has 1 aliphatic heterocycles. The Bertz CT molecular complexity index is 1340. The molecule has 0 aliphatic carbocycles. The molecule has 0 fully saturated rings. The van der Waals surface area contributed by atoms with E-state index in [2.05, 4.69) is 9.98 Å². The lowest BCUT2D eigenvalue weighted by atomic mass is 9.96. The predicted octanol–water partition coefficient (Wildman–Crippen LogP) is 4.32. The van der Waals surface area contributed by atoms with E-state index in [4.69, 9.17) is 0 Å². The van der Waals surface area contributed by atoms with Crippen LogP contribution in [0.1, 0.15) is 16.7 Å². The molecule has 0 spiro atoms. The first-order chi connectivity index (χ1) is 14.1. The first-order valence-corrected chi connectivity index (χ1v) is 9.16. The Kier molecular flexibility index (Phi) is 4.05. The van der Waals surface area contributed by atoms with Crippen LogP contribution in [0, 0.1) is 11.6 Å². The minimum atomic E-state index is -0.701. The fourth-order valence-corrected chi connectivity index (χ4v) is 3.69. The molecule has 29 heavy (non-hydrogen) atoms. The molecule has 0 atom stereocenters. The SMILES string of the molecule is O=c1c2ccccc2ncn1Cc1c(F)cc(-c2cccc3c2C=NC3)cc1F. The number of benzene rings is 3. The number of fused-ring (bicyclic) bond motifs is 2. The first kappa shape index (κ1) is 17.4. The molecular weight excluding hydrogens is 372 g/mol. The van der Waals surface area contributed by atoms with Gasteiger partial charge in [-0.15, -0.1) is 0 Å². The molecule has 1 aromatic heterocycles. The van der Waals surface area contributed by atoms with Gasteiger partial charge in [0.25, 0.3) is 5.56 Å². The van der Waals surface area contributed by atoms with Crippen LogP contribution >= 0.6 is 0 Å². The van der Waals surface area contributed by atoms with E-state index in [0.29, 0.717) is 23.0 Å². The van der Waals surface area contributed by atoms with Crippen LogP contribution in [0.4, 0.5) is 8.78 Å². The smallest absolute Gasteiger partial charge is 0.261 e. The van der Waals surface area contributed by atoms with Crippen LogP contribution in [-0.2, 0) is 13.1 Å². The third kappa shape index (κ3) is 2.93. The van der Waals surface area contributed by atoms with Crippen molar-refractivity contribution in [1.82, 2.24) is 9.55 Å². The van der Waals surface area contributed by atoms with Crippen LogP contribution < -0.4 is 5.56 Å². The summed E-state index contributed by atoms with van der Waals surface area (Å²) >= 11 is 0. The summed E-state index contributed by atoms with van der Waals surface area (Å²) in [7, 11) is 0. The van der Waals surface area contributed by atoms with Gasteiger partial charge in [-0.25, -0.2) is 13.8 Å². The number of hydrogen-bond donors (Lipinski definition) is 0.